The van der Waals surface area contributed by atoms with Crippen molar-refractivity contribution < 1.29 is 13.6 Å². The van der Waals surface area contributed by atoms with Crippen LogP contribution in [-0.2, 0) is 0 Å². The van der Waals surface area contributed by atoms with E-state index >= 15 is 0 Å². The SMILES string of the molecule is CC(F)(F)C(=O)c1cc(Br)cc(Br)c1. The minimum absolute atomic E-state index is 0.0150. The highest BCUT2D eigenvalue weighted by molar-refractivity contribution is 9.11. The third kappa shape index (κ3) is 2.85. The highest BCUT2D eigenvalue weighted by atomic mass is 79.9. The number of alkyl halides is 2. The Labute approximate surface area is 96.8 Å². The van der Waals surface area contributed by atoms with Crippen LogP contribution >= 0.6 is 31.9 Å². The van der Waals surface area contributed by atoms with Crippen LogP contribution in [0.1, 0.15) is 17.3 Å². The molecule has 14 heavy (non-hydrogen) atoms. The molecule has 1 aromatic rings. The van der Waals surface area contributed by atoms with E-state index in [1.54, 1.807) is 6.07 Å². The summed E-state index contributed by atoms with van der Waals surface area (Å²) in [5, 5.41) is 0. The molecule has 0 aliphatic heterocycles. The Kier molecular flexibility index (Phi) is 3.42. The zero-order valence-corrected chi connectivity index (χ0v) is 10.3. The largest absolute Gasteiger partial charge is 0.307 e. The van der Waals surface area contributed by atoms with E-state index in [2.05, 4.69) is 31.9 Å². The Hall–Kier alpha value is -0.290. The fraction of sp³-hybridized carbons (Fsp3) is 0.222. The smallest absolute Gasteiger partial charge is 0.287 e. The van der Waals surface area contributed by atoms with Crippen LogP contribution in [0.4, 0.5) is 8.78 Å². The van der Waals surface area contributed by atoms with Crippen LogP contribution in [0.15, 0.2) is 27.1 Å². The van der Waals surface area contributed by atoms with Crippen molar-refractivity contribution in [3.63, 3.8) is 0 Å². The molecular weight excluding hydrogens is 322 g/mol. The average molecular weight is 328 g/mol. The highest BCUT2D eigenvalue weighted by Gasteiger charge is 2.33. The second-order valence-corrected chi connectivity index (χ2v) is 4.71. The van der Waals surface area contributed by atoms with Gasteiger partial charge in [0.05, 0.1) is 0 Å². The lowest BCUT2D eigenvalue weighted by Crippen LogP contribution is -2.24. The maximum absolute atomic E-state index is 12.7. The second kappa shape index (κ2) is 4.06. The van der Waals surface area contributed by atoms with Gasteiger partial charge in [-0.25, -0.2) is 0 Å². The quantitative estimate of drug-likeness (QED) is 0.749. The molecule has 76 valence electrons. The molecule has 0 amide bonds. The Morgan fingerprint density at radius 2 is 1.64 bits per heavy atom. The van der Waals surface area contributed by atoms with E-state index < -0.39 is 11.7 Å². The first-order chi connectivity index (χ1) is 6.30. The van der Waals surface area contributed by atoms with Crippen molar-refractivity contribution in [3.8, 4) is 0 Å². The van der Waals surface area contributed by atoms with Gasteiger partial charge in [-0.3, -0.25) is 4.79 Å². The van der Waals surface area contributed by atoms with E-state index in [9.17, 15) is 13.6 Å². The molecular formula is C9H6Br2F2O. The topological polar surface area (TPSA) is 17.1 Å². The van der Waals surface area contributed by atoms with Crippen molar-refractivity contribution in [1.82, 2.24) is 0 Å². The van der Waals surface area contributed by atoms with Gasteiger partial charge in [0.25, 0.3) is 0 Å². The summed E-state index contributed by atoms with van der Waals surface area (Å²) in [6.45, 7) is 0.587. The van der Waals surface area contributed by atoms with E-state index in [1.165, 1.54) is 12.1 Å². The molecule has 0 aliphatic rings. The fourth-order valence-corrected chi connectivity index (χ4v) is 2.23. The van der Waals surface area contributed by atoms with Gasteiger partial charge in [0.15, 0.2) is 0 Å². The molecule has 0 saturated carbocycles. The lowest BCUT2D eigenvalue weighted by molar-refractivity contribution is 0.0221. The lowest BCUT2D eigenvalue weighted by atomic mass is 10.1. The summed E-state index contributed by atoms with van der Waals surface area (Å²) < 4.78 is 26.5. The number of rotatable bonds is 2. The van der Waals surface area contributed by atoms with Crippen molar-refractivity contribution >= 4 is 37.6 Å². The fourth-order valence-electron chi connectivity index (χ4n) is 0.938. The van der Waals surface area contributed by atoms with E-state index in [0.29, 0.717) is 15.9 Å². The molecule has 1 aromatic carbocycles. The molecule has 0 N–H and O–H groups in total. The van der Waals surface area contributed by atoms with Crippen LogP contribution < -0.4 is 0 Å². The van der Waals surface area contributed by atoms with Crippen molar-refractivity contribution in [1.29, 1.82) is 0 Å². The molecule has 5 heteroatoms. The van der Waals surface area contributed by atoms with E-state index in [4.69, 9.17) is 0 Å². The molecule has 1 rings (SSSR count). The summed E-state index contributed by atoms with van der Waals surface area (Å²) in [7, 11) is 0. The van der Waals surface area contributed by atoms with Crippen molar-refractivity contribution in [2.24, 2.45) is 0 Å². The maximum Gasteiger partial charge on any atom is 0.307 e. The van der Waals surface area contributed by atoms with Crippen molar-refractivity contribution in [3.05, 3.63) is 32.7 Å². The van der Waals surface area contributed by atoms with Gasteiger partial charge in [0.1, 0.15) is 0 Å². The number of carbonyl (C=O) groups is 1. The number of carbonyl (C=O) groups excluding carboxylic acids is 1. The number of benzene rings is 1. The Morgan fingerprint density at radius 1 is 1.21 bits per heavy atom. The van der Waals surface area contributed by atoms with Gasteiger partial charge < -0.3 is 0 Å². The zero-order chi connectivity index (χ0) is 10.9. The van der Waals surface area contributed by atoms with Crippen LogP contribution in [-0.4, -0.2) is 11.7 Å². The molecule has 0 saturated heterocycles. The average Bonchev–Trinajstić information content (AvgIpc) is 1.99. The number of hydrogen-bond acceptors (Lipinski definition) is 1. The van der Waals surface area contributed by atoms with E-state index in [0.717, 1.165) is 0 Å². The zero-order valence-electron chi connectivity index (χ0n) is 7.15. The van der Waals surface area contributed by atoms with Gasteiger partial charge in [-0.05, 0) is 18.2 Å². The van der Waals surface area contributed by atoms with Gasteiger partial charge >= 0.3 is 5.92 Å². The predicted molar refractivity (Wildman–Crippen MR) is 56.8 cm³/mol. The highest BCUT2D eigenvalue weighted by Crippen LogP contribution is 2.25. The maximum atomic E-state index is 12.7. The Bertz CT molecular complexity index is 351. The van der Waals surface area contributed by atoms with Crippen LogP contribution in [0.2, 0.25) is 0 Å². The molecule has 0 unspecified atom stereocenters. The van der Waals surface area contributed by atoms with Crippen molar-refractivity contribution in [2.45, 2.75) is 12.8 Å². The Morgan fingerprint density at radius 3 is 2.00 bits per heavy atom. The minimum Gasteiger partial charge on any atom is -0.287 e. The Balaban J connectivity index is 3.14. The third-order valence-electron chi connectivity index (χ3n) is 1.52. The monoisotopic (exact) mass is 326 g/mol. The summed E-state index contributed by atoms with van der Waals surface area (Å²) in [5.41, 5.74) is -0.0150. The van der Waals surface area contributed by atoms with Gasteiger partial charge in [0.2, 0.25) is 5.78 Å². The molecule has 0 bridgehead atoms. The molecule has 0 aromatic heterocycles. The normalized spacial score (nSPS) is 11.5. The standard InChI is InChI=1S/C9H6Br2F2O/c1-9(12,13)8(14)5-2-6(10)4-7(11)3-5/h2-4H,1H3. The first kappa shape index (κ1) is 11.8. The second-order valence-electron chi connectivity index (χ2n) is 2.88. The third-order valence-corrected chi connectivity index (χ3v) is 2.44. The van der Waals surface area contributed by atoms with E-state index in [-0.39, 0.29) is 5.56 Å². The van der Waals surface area contributed by atoms with Crippen molar-refractivity contribution in [2.75, 3.05) is 0 Å². The summed E-state index contributed by atoms with van der Waals surface area (Å²) in [6.07, 6.45) is 0. The summed E-state index contributed by atoms with van der Waals surface area (Å²) >= 11 is 6.24. The summed E-state index contributed by atoms with van der Waals surface area (Å²) in [5.74, 6) is -4.51. The molecule has 0 aliphatic carbocycles. The summed E-state index contributed by atoms with van der Waals surface area (Å²) in [4.78, 5) is 11.2. The van der Waals surface area contributed by atoms with Crippen LogP contribution in [0.3, 0.4) is 0 Å². The van der Waals surface area contributed by atoms with Gasteiger partial charge in [-0.1, -0.05) is 31.9 Å². The molecule has 1 nitrogen and oxygen atoms in total. The van der Waals surface area contributed by atoms with Crippen LogP contribution in [0.5, 0.6) is 0 Å². The first-order valence-electron chi connectivity index (χ1n) is 3.69. The van der Waals surface area contributed by atoms with Gasteiger partial charge in [0, 0.05) is 21.4 Å². The first-order valence-corrected chi connectivity index (χ1v) is 5.28. The number of halogens is 4. The van der Waals surface area contributed by atoms with E-state index in [1.807, 2.05) is 0 Å². The summed E-state index contributed by atoms with van der Waals surface area (Å²) in [6, 6.07) is 4.40. The van der Waals surface area contributed by atoms with Gasteiger partial charge in [-0.2, -0.15) is 8.78 Å². The molecule has 0 heterocycles. The molecule has 0 fully saturated rings. The van der Waals surface area contributed by atoms with Crippen LogP contribution in [0.25, 0.3) is 0 Å². The number of ketones is 1. The molecule has 0 atom stereocenters. The molecule has 0 spiro atoms. The minimum atomic E-state index is -3.33. The number of hydrogen-bond donors (Lipinski definition) is 0. The lowest BCUT2D eigenvalue weighted by Gasteiger charge is -2.09. The van der Waals surface area contributed by atoms with Gasteiger partial charge in [-0.15, -0.1) is 0 Å². The predicted octanol–water partition coefficient (Wildman–Crippen LogP) is 4.05. The van der Waals surface area contributed by atoms with Crippen LogP contribution in [0, 0.1) is 0 Å². The number of Topliss-reactive ketones (excluding diaryl/α,β-unsaturated/α-hetero) is 1. The molecule has 0 radical (unpaired) electrons.